The number of hydrogen-bond donors (Lipinski definition) is 15. The second-order valence-corrected chi connectivity index (χ2v) is 34.5. The highest BCUT2D eigenvalue weighted by atomic mass is 31.2. The van der Waals surface area contributed by atoms with Gasteiger partial charge in [-0.25, -0.2) is 9.13 Å². The molecule has 0 bridgehead atoms. The summed E-state index contributed by atoms with van der Waals surface area (Å²) in [4.78, 5) is 139. The average Bonchev–Trinajstić information content (AvgIpc) is 0.817. The fourth-order valence-electron chi connectivity index (χ4n) is 13.5. The van der Waals surface area contributed by atoms with Crippen LogP contribution < -0.4 is 16.0 Å². The first-order valence-electron chi connectivity index (χ1n) is 43.3. The zero-order chi connectivity index (χ0) is 91.0. The molecule has 712 valence electrons. The van der Waals surface area contributed by atoms with Crippen LogP contribution in [0, 0.1) is 5.92 Å². The van der Waals surface area contributed by atoms with Crippen molar-refractivity contribution in [2.24, 2.45) is 5.92 Å². The Morgan fingerprint density at radius 2 is 0.557 bits per heavy atom. The fourth-order valence-corrected chi connectivity index (χ4v) is 14.9. The molecule has 3 saturated heterocycles. The molecule has 0 aromatic heterocycles. The molecule has 0 spiro atoms. The maximum absolute atomic E-state index is 13.7. The molecule has 0 radical (unpaired) electrons. The lowest BCUT2D eigenvalue weighted by atomic mass is 9.97. The Morgan fingerprint density at radius 1 is 0.336 bits per heavy atom. The first-order chi connectivity index (χ1) is 58.0. The second-order valence-electron chi connectivity index (χ2n) is 31.6. The third kappa shape index (κ3) is 49.6. The molecule has 0 aliphatic carbocycles. The van der Waals surface area contributed by atoms with E-state index >= 15 is 0 Å². The van der Waals surface area contributed by atoms with Crippen molar-refractivity contribution in [3.8, 4) is 0 Å². The molecule has 17 unspecified atom stereocenters. The van der Waals surface area contributed by atoms with Gasteiger partial charge in [0.25, 0.3) is 0 Å². The van der Waals surface area contributed by atoms with Gasteiger partial charge < -0.3 is 125 Å². The molecule has 3 aliphatic heterocycles. The van der Waals surface area contributed by atoms with Crippen LogP contribution in [0.1, 0.15) is 234 Å². The molecule has 3 rings (SSSR count). The molecule has 42 heteroatoms. The number of ether oxygens (including phenoxy) is 7. The molecular formula is C80H148N6O34P2. The number of phosphoric ester groups is 2. The molecule has 3 fully saturated rings. The quantitative estimate of drug-likeness (QED) is 0.0307. The number of carbonyl (C=O) groups excluding carboxylic acids is 9. The smallest absolute Gasteiger partial charge is 0.395 e. The Bertz CT molecular complexity index is 3030. The van der Waals surface area contributed by atoms with Crippen molar-refractivity contribution < 1.29 is 164 Å². The summed E-state index contributed by atoms with van der Waals surface area (Å²) in [6.45, 7) is 5.82. The van der Waals surface area contributed by atoms with Crippen molar-refractivity contribution in [2.45, 2.75) is 326 Å². The van der Waals surface area contributed by atoms with E-state index in [0.717, 1.165) is 5.92 Å². The van der Waals surface area contributed by atoms with Crippen LogP contribution in [-0.2, 0) is 104 Å². The number of nitrogens with zero attached hydrogens (tertiary/aromatic N) is 3. The Kier molecular flexibility index (Phi) is 61.2. The normalized spacial score (nSPS) is 23.8. The number of Topliss-reactive ketones (excluding diaryl/α,β-unsaturated/α-hetero) is 3. The first kappa shape index (κ1) is 113. The van der Waals surface area contributed by atoms with Gasteiger partial charge in [-0.3, -0.25) is 61.2 Å². The van der Waals surface area contributed by atoms with Gasteiger partial charge in [0.15, 0.2) is 18.9 Å². The fraction of sp³-hybridized carbons (Fsp3) is 0.887. The highest BCUT2D eigenvalue weighted by Gasteiger charge is 2.48. The summed E-state index contributed by atoms with van der Waals surface area (Å²) in [5, 5.41) is 108. The van der Waals surface area contributed by atoms with Gasteiger partial charge >= 0.3 is 15.6 Å². The Hall–Kier alpha value is -4.63. The van der Waals surface area contributed by atoms with E-state index in [1.54, 1.807) is 0 Å². The van der Waals surface area contributed by atoms with Crippen LogP contribution in [0.15, 0.2) is 0 Å². The lowest BCUT2D eigenvalue weighted by molar-refractivity contribution is -0.270. The van der Waals surface area contributed by atoms with Crippen LogP contribution in [0.3, 0.4) is 0 Å². The summed E-state index contributed by atoms with van der Waals surface area (Å²) in [6, 6.07) is -3.17. The van der Waals surface area contributed by atoms with Gasteiger partial charge in [-0.05, 0) is 83.0 Å². The van der Waals surface area contributed by atoms with Crippen molar-refractivity contribution in [2.75, 3.05) is 126 Å². The van der Waals surface area contributed by atoms with Gasteiger partial charge in [-0.1, -0.05) is 78.6 Å². The number of amides is 6. The molecular weight excluding hydrogens is 1650 g/mol. The topological polar surface area (TPSA) is 578 Å². The average molecular weight is 1800 g/mol. The summed E-state index contributed by atoms with van der Waals surface area (Å²) < 4.78 is 86.3. The molecule has 6 amide bonds. The maximum atomic E-state index is 13.7. The summed E-state index contributed by atoms with van der Waals surface area (Å²) in [6.07, 6.45) is -0.978. The number of carbonyl (C=O) groups is 9. The minimum atomic E-state index is -4.84. The van der Waals surface area contributed by atoms with Crippen molar-refractivity contribution >= 4 is 68.4 Å². The zero-order valence-electron chi connectivity index (χ0n) is 72.8. The number of ketones is 3. The van der Waals surface area contributed by atoms with Gasteiger partial charge in [0.1, 0.15) is 90.4 Å². The predicted octanol–water partition coefficient (Wildman–Crippen LogP) is 2.33. The van der Waals surface area contributed by atoms with Crippen molar-refractivity contribution in [1.82, 2.24) is 30.7 Å². The van der Waals surface area contributed by atoms with E-state index in [1.165, 1.54) is 42.6 Å². The first-order valence-corrected chi connectivity index (χ1v) is 46.3. The van der Waals surface area contributed by atoms with Gasteiger partial charge in [0.05, 0.1) is 59.5 Å². The minimum absolute atomic E-state index is 0.0333. The lowest BCUT2D eigenvalue weighted by Crippen LogP contribution is -2.64. The molecule has 40 nitrogen and oxygen atoms in total. The van der Waals surface area contributed by atoms with Crippen molar-refractivity contribution in [3.05, 3.63) is 0 Å². The largest absolute Gasteiger partial charge is 0.472 e. The Balaban J connectivity index is 0.0000123. The lowest BCUT2D eigenvalue weighted by Gasteiger charge is -2.42. The molecule has 0 aromatic carbocycles. The van der Waals surface area contributed by atoms with Gasteiger partial charge in [0.2, 0.25) is 35.4 Å². The van der Waals surface area contributed by atoms with Crippen molar-refractivity contribution in [3.63, 3.8) is 0 Å². The van der Waals surface area contributed by atoms with E-state index in [0.29, 0.717) is 173 Å². The molecule has 3 aliphatic rings. The number of phosphoric acid groups is 2. The van der Waals surface area contributed by atoms with Gasteiger partial charge in [-0.2, -0.15) is 0 Å². The second kappa shape index (κ2) is 65.8. The third-order valence-corrected chi connectivity index (χ3v) is 22.2. The zero-order valence-corrected chi connectivity index (χ0v) is 74.6. The molecule has 122 heavy (non-hydrogen) atoms. The summed E-state index contributed by atoms with van der Waals surface area (Å²) in [5.74, 6) is -1.49. The van der Waals surface area contributed by atoms with E-state index in [9.17, 15) is 113 Å². The highest BCUT2D eigenvalue weighted by Crippen LogP contribution is 2.44. The maximum Gasteiger partial charge on any atom is 0.472 e. The molecule has 3 heterocycles. The number of unbranched alkanes of at least 4 members (excludes halogenated alkanes) is 15. The van der Waals surface area contributed by atoms with E-state index in [1.807, 2.05) is 0 Å². The number of nitrogens with one attached hydrogen (secondary N) is 3. The number of aliphatic hydroxyl groups excluding tert-OH is 10. The summed E-state index contributed by atoms with van der Waals surface area (Å²) in [5.41, 5.74) is 0. The standard InChI is InChI=1S/C76H138N6O34P2.C4H10/c1-53(87)77-65-71(99)68(96)59(50-84)114-74(65)107-42-23-11-17-29-56(90)26-14-5-8-20-32-62(93)80(35-41-83)37-46-110-117(102,103)112-48-39-82(64(95)34-22-10-7-16-28-58(92)31-19-13-25-44-109-76-67(79-55(3)89)73(101)70(98)61(52-86)116-76)40-49-113-118(104,105)111-47-38-81(36-45-106-4)63(94)33-21-9-6-15-27-57(91)30-18-12-24-43-108-75-66(78-54(2)88)72(100)69(97)60(51-85)115-75;1-4(2)3/h59-61,65-76,83-86,96-101H,5-52H2,1-4H3,(H,77,87)(H,78,88)(H,79,89)(H,102,103)(H,104,105);4H,1-3H3. The minimum Gasteiger partial charge on any atom is -0.395 e. The SMILES string of the molecule is CC(C)C.COCCN(CCOP(=O)(O)OCCN(CCOP(=O)(O)OCCN(CCO)C(=O)CCCCCCC(=O)CCCCCOC1OC(CO)C(O)C(O)C1NC(C)=O)C(=O)CCCCCCC(=O)CCCCCOC1OC(CO)C(O)C(O)C1NC(C)=O)C(=O)CCCCCCC(=O)CCCCCOC1OC(CO)C(O)C(O)C1NC(C)=O. The third-order valence-electron chi connectivity index (χ3n) is 20.1. The molecule has 0 saturated carbocycles. The van der Waals surface area contributed by atoms with Crippen LogP contribution in [0.4, 0.5) is 0 Å². The van der Waals surface area contributed by atoms with E-state index < -0.39 is 184 Å². The highest BCUT2D eigenvalue weighted by molar-refractivity contribution is 7.47. The van der Waals surface area contributed by atoms with Crippen LogP contribution in [0.25, 0.3) is 0 Å². The molecule has 17 atom stereocenters. The van der Waals surface area contributed by atoms with Crippen molar-refractivity contribution in [1.29, 1.82) is 0 Å². The number of methoxy groups -OCH3 is 1. The monoisotopic (exact) mass is 1800 g/mol. The van der Waals surface area contributed by atoms with Gasteiger partial charge in [0, 0.05) is 145 Å². The number of hydrogen-bond acceptors (Lipinski definition) is 32. The Labute approximate surface area is 718 Å². The van der Waals surface area contributed by atoms with Crippen LogP contribution in [-0.4, -0.2) is 346 Å². The summed E-state index contributed by atoms with van der Waals surface area (Å²) >= 11 is 0. The van der Waals surface area contributed by atoms with Crippen LogP contribution in [0.5, 0.6) is 0 Å². The summed E-state index contributed by atoms with van der Waals surface area (Å²) in [7, 11) is -8.20. The molecule has 0 aromatic rings. The van der Waals surface area contributed by atoms with E-state index in [-0.39, 0.29) is 114 Å². The van der Waals surface area contributed by atoms with E-state index in [4.69, 9.17) is 51.3 Å². The number of rotatable bonds is 69. The number of aliphatic hydroxyl groups is 10. The molecule has 15 N–H and O–H groups in total. The van der Waals surface area contributed by atoms with Gasteiger partial charge in [-0.15, -0.1) is 0 Å². The predicted molar refractivity (Wildman–Crippen MR) is 440 cm³/mol. The van der Waals surface area contributed by atoms with Crippen LogP contribution >= 0.6 is 15.6 Å². The van der Waals surface area contributed by atoms with E-state index in [2.05, 4.69) is 36.7 Å². The Morgan fingerprint density at radius 3 is 0.779 bits per heavy atom. The van der Waals surface area contributed by atoms with Crippen LogP contribution in [0.2, 0.25) is 0 Å².